The summed E-state index contributed by atoms with van der Waals surface area (Å²) in [5.41, 5.74) is 0.504. The maximum atomic E-state index is 13.5. The molecule has 4 N–H and O–H groups in total. The van der Waals surface area contributed by atoms with Crippen LogP contribution in [0, 0.1) is 0 Å². The molecule has 1 unspecified atom stereocenters. The van der Waals surface area contributed by atoms with Gasteiger partial charge in [-0.15, -0.1) is 0 Å². The third-order valence-electron chi connectivity index (χ3n) is 6.70. The normalized spacial score (nSPS) is 18.7. The maximum Gasteiger partial charge on any atom is 0.410 e. The van der Waals surface area contributed by atoms with Gasteiger partial charge in [-0.1, -0.05) is 30.3 Å². The molecule has 2 heterocycles. The lowest BCUT2D eigenvalue weighted by Gasteiger charge is -2.36. The Bertz CT molecular complexity index is 1250. The van der Waals surface area contributed by atoms with Crippen molar-refractivity contribution in [1.29, 1.82) is 0 Å². The lowest BCUT2D eigenvalue weighted by atomic mass is 10.0. The Morgan fingerprint density at radius 2 is 1.90 bits per heavy atom. The first-order valence-corrected chi connectivity index (χ1v) is 15.1. The average Bonchev–Trinajstić information content (AvgIpc) is 3.45. The van der Waals surface area contributed by atoms with E-state index in [9.17, 15) is 28.7 Å². The topological polar surface area (TPSA) is 180 Å². The molecule has 2 fully saturated rings. The highest BCUT2D eigenvalue weighted by molar-refractivity contribution is 7.51. The zero-order chi connectivity index (χ0) is 28.7. The van der Waals surface area contributed by atoms with Crippen LogP contribution in [0.4, 0.5) is 4.79 Å². The van der Waals surface area contributed by atoms with Crippen molar-refractivity contribution >= 4 is 25.4 Å². The van der Waals surface area contributed by atoms with Crippen LogP contribution in [0.5, 0.6) is 5.88 Å². The number of Topliss-reactive ketones (excluding diaryl/α,β-unsaturated/α-hetero) is 1. The number of nitrogens with one attached hydrogen (secondary N) is 2. The largest absolute Gasteiger partial charge is 0.474 e. The minimum Gasteiger partial charge on any atom is -0.474 e. The van der Waals surface area contributed by atoms with Crippen molar-refractivity contribution in [3.8, 4) is 17.3 Å². The third kappa shape index (κ3) is 7.85. The molecule has 2 atom stereocenters. The van der Waals surface area contributed by atoms with Crippen molar-refractivity contribution in [2.24, 2.45) is 0 Å². The van der Waals surface area contributed by atoms with Gasteiger partial charge in [0.05, 0.1) is 12.8 Å². The maximum absolute atomic E-state index is 13.5. The molecule has 40 heavy (non-hydrogen) atoms. The van der Waals surface area contributed by atoms with Gasteiger partial charge in [-0.25, -0.2) is 9.78 Å². The summed E-state index contributed by atoms with van der Waals surface area (Å²) in [6.07, 6.45) is 2.05. The number of carbonyl (C=O) groups is 3. The standard InChI is InChI=1S/C26H34N5O8P/c1-2-38-26(34)31-13-12-27-15-21(31)23(32)20(16-40(35,36)37)29-25(33)19-14-22(39-18-10-6-7-11-18)30-24(28-19)17-8-4-3-5-9-17/h3-5,8-9,14,18,20-21,27H,2,6-7,10-13,15-16H2,1H3,(H,29,33)(H2,35,36,37)/t20-,21?/m0/s1. The number of benzene rings is 1. The smallest absolute Gasteiger partial charge is 0.410 e. The summed E-state index contributed by atoms with van der Waals surface area (Å²) in [4.78, 5) is 68.9. The fourth-order valence-corrected chi connectivity index (χ4v) is 5.53. The summed E-state index contributed by atoms with van der Waals surface area (Å²) in [6.45, 7) is 2.32. The Hall–Kier alpha value is -3.38. The van der Waals surface area contributed by atoms with Crippen LogP contribution in [0.3, 0.4) is 0 Å². The summed E-state index contributed by atoms with van der Waals surface area (Å²) in [5, 5.41) is 5.44. The highest BCUT2D eigenvalue weighted by atomic mass is 31.2. The first kappa shape index (κ1) is 29.6. The molecule has 1 saturated carbocycles. The molecule has 1 aliphatic heterocycles. The molecule has 1 aromatic heterocycles. The van der Waals surface area contributed by atoms with E-state index in [0.717, 1.165) is 25.7 Å². The summed E-state index contributed by atoms with van der Waals surface area (Å²) < 4.78 is 23.1. The van der Waals surface area contributed by atoms with Crippen LogP contribution in [0.2, 0.25) is 0 Å². The SMILES string of the molecule is CCOC(=O)N1CCNCC1C(=O)[C@H](CP(=O)(O)O)NC(=O)c1cc(OC2CCCC2)nc(-c2ccccc2)n1. The molecule has 1 aliphatic carbocycles. The molecular weight excluding hydrogens is 541 g/mol. The Kier molecular flexibility index (Phi) is 9.85. The zero-order valence-corrected chi connectivity index (χ0v) is 23.1. The fourth-order valence-electron chi connectivity index (χ4n) is 4.79. The van der Waals surface area contributed by atoms with E-state index in [0.29, 0.717) is 12.1 Å². The van der Waals surface area contributed by atoms with Gasteiger partial charge in [0.15, 0.2) is 11.6 Å². The molecule has 216 valence electrons. The molecule has 0 radical (unpaired) electrons. The number of ketones is 1. The number of amides is 2. The highest BCUT2D eigenvalue weighted by Crippen LogP contribution is 2.35. The summed E-state index contributed by atoms with van der Waals surface area (Å²) in [6, 6.07) is 7.62. The second kappa shape index (κ2) is 13.3. The number of hydrogen-bond donors (Lipinski definition) is 4. The number of aromatic nitrogens is 2. The van der Waals surface area contributed by atoms with Crippen molar-refractivity contribution in [3.05, 3.63) is 42.1 Å². The molecule has 0 spiro atoms. The van der Waals surface area contributed by atoms with E-state index < -0.39 is 43.6 Å². The monoisotopic (exact) mass is 575 g/mol. The molecule has 13 nitrogen and oxygen atoms in total. The van der Waals surface area contributed by atoms with Gasteiger partial charge in [0.1, 0.15) is 23.9 Å². The van der Waals surface area contributed by atoms with Crippen LogP contribution in [0.15, 0.2) is 36.4 Å². The number of nitrogens with zero attached hydrogens (tertiary/aromatic N) is 3. The number of hydrogen-bond acceptors (Lipinski definition) is 9. The molecule has 4 rings (SSSR count). The zero-order valence-electron chi connectivity index (χ0n) is 22.2. The van der Waals surface area contributed by atoms with Crippen LogP contribution in [-0.2, 0) is 14.1 Å². The van der Waals surface area contributed by atoms with E-state index in [4.69, 9.17) is 9.47 Å². The summed E-state index contributed by atoms with van der Waals surface area (Å²) >= 11 is 0. The first-order chi connectivity index (χ1) is 19.1. The quantitative estimate of drug-likeness (QED) is 0.303. The highest BCUT2D eigenvalue weighted by Gasteiger charge is 2.40. The minimum absolute atomic E-state index is 0.0379. The van der Waals surface area contributed by atoms with Gasteiger partial charge in [0.25, 0.3) is 5.91 Å². The van der Waals surface area contributed by atoms with Crippen LogP contribution in [-0.4, -0.2) is 93.0 Å². The molecule has 14 heteroatoms. The number of rotatable bonds is 10. The van der Waals surface area contributed by atoms with Crippen molar-refractivity contribution < 1.29 is 38.2 Å². The fraction of sp³-hybridized carbons (Fsp3) is 0.500. The van der Waals surface area contributed by atoms with Gasteiger partial charge < -0.3 is 29.9 Å². The van der Waals surface area contributed by atoms with Crippen molar-refractivity contribution in [3.63, 3.8) is 0 Å². The van der Waals surface area contributed by atoms with Gasteiger partial charge in [-0.2, -0.15) is 4.98 Å². The van der Waals surface area contributed by atoms with E-state index in [-0.39, 0.29) is 43.2 Å². The van der Waals surface area contributed by atoms with Crippen LogP contribution in [0.1, 0.15) is 43.1 Å². The first-order valence-electron chi connectivity index (χ1n) is 13.3. The van der Waals surface area contributed by atoms with Crippen LogP contribution in [0.25, 0.3) is 11.4 Å². The Morgan fingerprint density at radius 3 is 2.58 bits per heavy atom. The average molecular weight is 576 g/mol. The Morgan fingerprint density at radius 1 is 1.18 bits per heavy atom. The Labute approximate surface area is 231 Å². The van der Waals surface area contributed by atoms with Gasteiger partial charge in [0, 0.05) is 31.3 Å². The lowest BCUT2D eigenvalue weighted by Crippen LogP contribution is -2.61. The van der Waals surface area contributed by atoms with Crippen LogP contribution < -0.4 is 15.4 Å². The summed E-state index contributed by atoms with van der Waals surface area (Å²) in [5.74, 6) is -1.16. The van der Waals surface area contributed by atoms with E-state index >= 15 is 0 Å². The van der Waals surface area contributed by atoms with Crippen molar-refractivity contribution in [2.75, 3.05) is 32.4 Å². The van der Waals surface area contributed by atoms with Crippen molar-refractivity contribution in [2.45, 2.75) is 50.8 Å². The minimum atomic E-state index is -4.77. The molecule has 2 amide bonds. The molecule has 1 saturated heterocycles. The van der Waals surface area contributed by atoms with E-state index in [1.54, 1.807) is 31.2 Å². The predicted octanol–water partition coefficient (Wildman–Crippen LogP) is 1.74. The third-order valence-corrected chi connectivity index (χ3v) is 7.54. The molecular formula is C26H34N5O8P. The van der Waals surface area contributed by atoms with Gasteiger partial charge in [-0.3, -0.25) is 19.1 Å². The molecule has 0 bridgehead atoms. The van der Waals surface area contributed by atoms with Crippen LogP contribution >= 0.6 is 7.60 Å². The van der Waals surface area contributed by atoms with E-state index in [1.807, 2.05) is 6.07 Å². The lowest BCUT2D eigenvalue weighted by molar-refractivity contribution is -0.125. The van der Waals surface area contributed by atoms with E-state index in [2.05, 4.69) is 20.6 Å². The predicted molar refractivity (Wildman–Crippen MR) is 144 cm³/mol. The summed E-state index contributed by atoms with van der Waals surface area (Å²) in [7, 11) is -4.77. The molecule has 2 aliphatic rings. The van der Waals surface area contributed by atoms with Gasteiger partial charge in [0.2, 0.25) is 5.88 Å². The Balaban J connectivity index is 1.62. The van der Waals surface area contributed by atoms with Gasteiger partial charge in [-0.05, 0) is 32.6 Å². The van der Waals surface area contributed by atoms with Crippen molar-refractivity contribution in [1.82, 2.24) is 25.5 Å². The number of ether oxygens (including phenoxy) is 2. The second-order valence-corrected chi connectivity index (χ2v) is 11.4. The second-order valence-electron chi connectivity index (χ2n) is 9.69. The van der Waals surface area contributed by atoms with E-state index in [1.165, 1.54) is 11.0 Å². The molecule has 1 aromatic carbocycles. The number of carbonyl (C=O) groups excluding carboxylic acids is 3. The van der Waals surface area contributed by atoms with Gasteiger partial charge >= 0.3 is 13.7 Å². The number of piperazine rings is 1. The molecule has 2 aromatic rings.